The van der Waals surface area contributed by atoms with E-state index in [4.69, 9.17) is 0 Å². The average molecular weight is 475 g/mol. The van der Waals surface area contributed by atoms with E-state index >= 15 is 0 Å². The summed E-state index contributed by atoms with van der Waals surface area (Å²) in [6.45, 7) is 4.14. The highest BCUT2D eigenvalue weighted by atomic mass is 32.1. The molecule has 5 rings (SSSR count). The predicted octanol–water partition coefficient (Wildman–Crippen LogP) is 4.79. The number of hydrogen-bond acceptors (Lipinski definition) is 4. The number of rotatable bonds is 5. The fourth-order valence-electron chi connectivity index (χ4n) is 4.22. The Labute approximate surface area is 200 Å². The first kappa shape index (κ1) is 22.0. The smallest absolute Gasteiger partial charge is 0.277 e. The molecule has 0 saturated heterocycles. The lowest BCUT2D eigenvalue weighted by molar-refractivity contribution is -0.126. The van der Waals surface area contributed by atoms with Gasteiger partial charge >= 0.3 is 0 Å². The summed E-state index contributed by atoms with van der Waals surface area (Å²) in [5.41, 5.74) is 2.11. The molecule has 6 nitrogen and oxygen atoms in total. The van der Waals surface area contributed by atoms with Crippen LogP contribution in [0, 0.1) is 12.7 Å². The number of aromatic nitrogens is 2. The van der Waals surface area contributed by atoms with Crippen LogP contribution in [-0.2, 0) is 17.9 Å². The molecular formula is C26H23FN4O2S. The lowest BCUT2D eigenvalue weighted by Crippen LogP contribution is -2.64. The second kappa shape index (κ2) is 8.53. The highest BCUT2D eigenvalue weighted by Gasteiger charge is 2.49. The zero-order valence-electron chi connectivity index (χ0n) is 18.8. The zero-order chi connectivity index (χ0) is 23.9. The maximum atomic E-state index is 14.1. The molecule has 0 bridgehead atoms. The summed E-state index contributed by atoms with van der Waals surface area (Å²) in [7, 11) is 0. The topological polar surface area (TPSA) is 67.2 Å². The molecule has 0 spiro atoms. The second-order valence-electron chi connectivity index (χ2n) is 8.61. The summed E-state index contributed by atoms with van der Waals surface area (Å²) in [4.78, 5) is 29.6. The quantitative estimate of drug-likeness (QED) is 0.452. The first-order chi connectivity index (χ1) is 16.3. The number of benzene rings is 2. The number of nitrogens with zero attached hydrogens (tertiary/aromatic N) is 3. The molecule has 1 aliphatic heterocycles. The Balaban J connectivity index is 1.53. The van der Waals surface area contributed by atoms with Crippen molar-refractivity contribution in [3.63, 3.8) is 0 Å². The van der Waals surface area contributed by atoms with Gasteiger partial charge in [0.1, 0.15) is 22.7 Å². The molecule has 1 atom stereocenters. The van der Waals surface area contributed by atoms with Crippen molar-refractivity contribution < 1.29 is 14.0 Å². The maximum Gasteiger partial charge on any atom is 0.277 e. The Kier molecular flexibility index (Phi) is 5.53. The number of halogens is 1. The van der Waals surface area contributed by atoms with E-state index in [1.165, 1.54) is 34.4 Å². The van der Waals surface area contributed by atoms with Gasteiger partial charge in [0.25, 0.3) is 5.91 Å². The van der Waals surface area contributed by atoms with Gasteiger partial charge in [-0.25, -0.2) is 4.39 Å². The number of nitrogens with one attached hydrogen (secondary N) is 1. The molecule has 34 heavy (non-hydrogen) atoms. The third kappa shape index (κ3) is 3.90. The van der Waals surface area contributed by atoms with Gasteiger partial charge in [-0.2, -0.15) is 5.10 Å². The van der Waals surface area contributed by atoms with Gasteiger partial charge in [0.05, 0.1) is 11.4 Å². The van der Waals surface area contributed by atoms with Crippen molar-refractivity contribution in [3.05, 3.63) is 94.7 Å². The van der Waals surface area contributed by atoms with Crippen LogP contribution in [0.2, 0.25) is 0 Å². The molecule has 2 aromatic carbocycles. The molecule has 1 N–H and O–H groups in total. The standard InChI is InChI=1S/C26H23FN4O2S/c1-17-8-10-18(11-9-17)15-28-25(33)26(2)16-30-22(14-21(29-30)23-7-4-12-34-23)24(32)31(26)20-6-3-5-19(27)13-20/h3-14H,15-16H2,1-2H3,(H,28,33)/t26-/m1/s1. The first-order valence-electron chi connectivity index (χ1n) is 10.9. The Morgan fingerprint density at radius 3 is 2.65 bits per heavy atom. The van der Waals surface area contributed by atoms with Gasteiger partial charge in [0.15, 0.2) is 0 Å². The number of amides is 2. The van der Waals surface area contributed by atoms with E-state index in [2.05, 4.69) is 10.4 Å². The van der Waals surface area contributed by atoms with Gasteiger partial charge in [0, 0.05) is 12.2 Å². The molecule has 0 unspecified atom stereocenters. The van der Waals surface area contributed by atoms with Crippen LogP contribution in [0.4, 0.5) is 10.1 Å². The Hall–Kier alpha value is -3.78. The molecule has 0 saturated carbocycles. The molecule has 172 valence electrons. The molecule has 2 amide bonds. The number of anilines is 1. The number of fused-ring (bicyclic) bond motifs is 1. The molecular weight excluding hydrogens is 451 g/mol. The van der Waals surface area contributed by atoms with E-state index in [0.717, 1.165) is 16.0 Å². The Morgan fingerprint density at radius 1 is 1.15 bits per heavy atom. The minimum Gasteiger partial charge on any atom is -0.350 e. The fraction of sp³-hybridized carbons (Fsp3) is 0.192. The van der Waals surface area contributed by atoms with Crippen molar-refractivity contribution in [2.75, 3.05) is 4.90 Å². The highest BCUT2D eigenvalue weighted by Crippen LogP contribution is 2.35. The van der Waals surface area contributed by atoms with Gasteiger partial charge in [-0.3, -0.25) is 19.2 Å². The fourth-order valence-corrected chi connectivity index (χ4v) is 4.91. The van der Waals surface area contributed by atoms with Crippen LogP contribution in [0.5, 0.6) is 0 Å². The zero-order valence-corrected chi connectivity index (χ0v) is 19.6. The van der Waals surface area contributed by atoms with Crippen LogP contribution >= 0.6 is 11.3 Å². The number of carbonyl (C=O) groups is 2. The lowest BCUT2D eigenvalue weighted by atomic mass is 9.93. The summed E-state index contributed by atoms with van der Waals surface area (Å²) in [5.74, 6) is -1.23. The van der Waals surface area contributed by atoms with Crippen LogP contribution < -0.4 is 10.2 Å². The van der Waals surface area contributed by atoms with E-state index in [1.807, 2.05) is 48.7 Å². The van der Waals surface area contributed by atoms with Crippen molar-refractivity contribution in [2.45, 2.75) is 32.5 Å². The molecule has 8 heteroatoms. The van der Waals surface area contributed by atoms with Crippen LogP contribution in [0.15, 0.2) is 72.1 Å². The number of thiophene rings is 1. The monoisotopic (exact) mass is 474 g/mol. The van der Waals surface area contributed by atoms with E-state index < -0.39 is 17.3 Å². The summed E-state index contributed by atoms with van der Waals surface area (Å²) < 4.78 is 15.7. The van der Waals surface area contributed by atoms with Gasteiger partial charge in [0.2, 0.25) is 5.91 Å². The van der Waals surface area contributed by atoms with Crippen molar-refractivity contribution in [2.24, 2.45) is 0 Å². The Bertz CT molecular complexity index is 1360. The van der Waals surface area contributed by atoms with Gasteiger partial charge in [-0.1, -0.05) is 42.0 Å². The molecule has 0 aliphatic carbocycles. The van der Waals surface area contributed by atoms with Crippen molar-refractivity contribution in [1.29, 1.82) is 0 Å². The average Bonchev–Trinajstić information content (AvgIpc) is 3.48. The minimum atomic E-state index is -1.32. The number of hydrogen-bond donors (Lipinski definition) is 1. The van der Waals surface area contributed by atoms with Crippen molar-refractivity contribution >= 4 is 28.8 Å². The maximum absolute atomic E-state index is 14.1. The van der Waals surface area contributed by atoms with Crippen LogP contribution in [0.1, 0.15) is 28.5 Å². The van der Waals surface area contributed by atoms with Crippen molar-refractivity contribution in [3.8, 4) is 10.6 Å². The third-order valence-corrected chi connectivity index (χ3v) is 6.95. The molecule has 2 aromatic heterocycles. The molecule has 0 radical (unpaired) electrons. The van der Waals surface area contributed by atoms with E-state index in [1.54, 1.807) is 23.7 Å². The van der Waals surface area contributed by atoms with Gasteiger partial charge in [-0.05, 0) is 55.1 Å². The van der Waals surface area contributed by atoms with Crippen molar-refractivity contribution in [1.82, 2.24) is 15.1 Å². The summed E-state index contributed by atoms with van der Waals surface area (Å²) >= 11 is 1.52. The summed E-state index contributed by atoms with van der Waals surface area (Å²) in [6, 6.07) is 19.2. The second-order valence-corrected chi connectivity index (χ2v) is 9.56. The summed E-state index contributed by atoms with van der Waals surface area (Å²) in [6.07, 6.45) is 0. The first-order valence-corrected chi connectivity index (χ1v) is 11.8. The highest BCUT2D eigenvalue weighted by molar-refractivity contribution is 7.13. The Morgan fingerprint density at radius 2 is 1.94 bits per heavy atom. The molecule has 1 aliphatic rings. The normalized spacial score (nSPS) is 17.5. The summed E-state index contributed by atoms with van der Waals surface area (Å²) in [5, 5.41) is 9.53. The molecule has 0 fully saturated rings. The lowest BCUT2D eigenvalue weighted by Gasteiger charge is -2.43. The van der Waals surface area contributed by atoms with Crippen LogP contribution in [-0.4, -0.2) is 27.1 Å². The number of aryl methyl sites for hydroxylation is 1. The predicted molar refractivity (Wildman–Crippen MR) is 130 cm³/mol. The third-order valence-electron chi connectivity index (χ3n) is 6.06. The minimum absolute atomic E-state index is 0.135. The molecule has 4 aromatic rings. The number of carbonyl (C=O) groups excluding carboxylic acids is 2. The van der Waals surface area contributed by atoms with E-state index in [-0.39, 0.29) is 12.5 Å². The largest absolute Gasteiger partial charge is 0.350 e. The van der Waals surface area contributed by atoms with E-state index in [0.29, 0.717) is 23.6 Å². The SMILES string of the molecule is Cc1ccc(CNC(=O)[C@@]2(C)Cn3nc(-c4cccs4)cc3C(=O)N2c2cccc(F)c2)cc1. The van der Waals surface area contributed by atoms with E-state index in [9.17, 15) is 14.0 Å². The van der Waals surface area contributed by atoms with Gasteiger partial charge in [-0.15, -0.1) is 11.3 Å². The van der Waals surface area contributed by atoms with Crippen LogP contribution in [0.25, 0.3) is 10.6 Å². The van der Waals surface area contributed by atoms with Gasteiger partial charge < -0.3 is 5.32 Å². The van der Waals surface area contributed by atoms with Crippen LogP contribution in [0.3, 0.4) is 0 Å². The molecule has 3 heterocycles.